The van der Waals surface area contributed by atoms with E-state index in [4.69, 9.17) is 21.6 Å². The molecule has 0 aliphatic heterocycles. The second-order valence-electron chi connectivity index (χ2n) is 6.95. The van der Waals surface area contributed by atoms with Crippen LogP contribution in [-0.2, 0) is 0 Å². The van der Waals surface area contributed by atoms with Crippen molar-refractivity contribution >= 4 is 35.2 Å². The molecule has 0 saturated carbocycles. The van der Waals surface area contributed by atoms with Crippen LogP contribution in [0.1, 0.15) is 12.0 Å². The van der Waals surface area contributed by atoms with Gasteiger partial charge in [-0.2, -0.15) is 5.26 Å². The Bertz CT molecular complexity index is 945. The molecule has 0 saturated heterocycles. The second-order valence-corrected chi connectivity index (χ2v) is 7.39. The number of nitrogens with one attached hydrogen (secondary N) is 4. The second kappa shape index (κ2) is 13.0. The zero-order chi connectivity index (χ0) is 23.3. The summed E-state index contributed by atoms with van der Waals surface area (Å²) in [5, 5.41) is 20.0. The summed E-state index contributed by atoms with van der Waals surface area (Å²) in [6.45, 7) is 2.09. The number of nitriles is 1. The topological polar surface area (TPSA) is 131 Å². The summed E-state index contributed by atoms with van der Waals surface area (Å²) in [5.41, 5.74) is 0.778. The fourth-order valence-electron chi connectivity index (χ4n) is 2.44. The van der Waals surface area contributed by atoms with E-state index in [-0.39, 0.29) is 6.03 Å². The maximum absolute atomic E-state index is 12.3. The molecule has 10 nitrogen and oxygen atoms in total. The molecule has 1 heterocycles. The van der Waals surface area contributed by atoms with E-state index in [1.165, 1.54) is 12.3 Å². The van der Waals surface area contributed by atoms with Gasteiger partial charge >= 0.3 is 12.1 Å². The highest BCUT2D eigenvalue weighted by atomic mass is 35.5. The lowest BCUT2D eigenvalue weighted by molar-refractivity contribution is 0.237. The summed E-state index contributed by atoms with van der Waals surface area (Å²) in [5.74, 6) is 0.730. The van der Waals surface area contributed by atoms with E-state index in [2.05, 4.69) is 26.3 Å². The van der Waals surface area contributed by atoms with Crippen LogP contribution < -0.4 is 26.0 Å². The van der Waals surface area contributed by atoms with E-state index in [9.17, 15) is 9.59 Å². The van der Waals surface area contributed by atoms with Gasteiger partial charge in [-0.1, -0.05) is 11.6 Å². The smallest absolute Gasteiger partial charge is 0.324 e. The van der Waals surface area contributed by atoms with Crippen LogP contribution in [0.5, 0.6) is 5.75 Å². The fraction of sp³-hybridized carbons (Fsp3) is 0.333. The SMILES string of the molecule is CN(C)CCNC(=O)NCCCOc1ccc(Cl)cc1NC(=O)Nc1ccc(C#N)cn1. The third-order valence-corrected chi connectivity index (χ3v) is 4.27. The first kappa shape index (κ1) is 24.7. The number of carbonyl (C=O) groups is 2. The van der Waals surface area contributed by atoms with Crippen molar-refractivity contribution in [3.63, 3.8) is 0 Å². The van der Waals surface area contributed by atoms with Gasteiger partial charge in [0.1, 0.15) is 17.6 Å². The highest BCUT2D eigenvalue weighted by molar-refractivity contribution is 6.31. The van der Waals surface area contributed by atoms with E-state index in [1.54, 1.807) is 24.3 Å². The summed E-state index contributed by atoms with van der Waals surface area (Å²) in [6.07, 6.45) is 1.94. The van der Waals surface area contributed by atoms with Crippen LogP contribution in [0.4, 0.5) is 21.1 Å². The number of rotatable bonds is 10. The largest absolute Gasteiger partial charge is 0.491 e. The zero-order valence-electron chi connectivity index (χ0n) is 17.9. The third kappa shape index (κ3) is 9.07. The van der Waals surface area contributed by atoms with Gasteiger partial charge in [0.25, 0.3) is 0 Å². The van der Waals surface area contributed by atoms with Gasteiger partial charge in [0, 0.05) is 30.9 Å². The quantitative estimate of drug-likeness (QED) is 0.404. The Morgan fingerprint density at radius 1 is 1.12 bits per heavy atom. The number of ether oxygens (including phenoxy) is 1. The Kier molecular flexibility index (Phi) is 10.0. The maximum Gasteiger partial charge on any atom is 0.324 e. The first-order chi connectivity index (χ1) is 15.4. The molecule has 0 bridgehead atoms. The Morgan fingerprint density at radius 2 is 1.91 bits per heavy atom. The first-order valence-electron chi connectivity index (χ1n) is 9.90. The average molecular weight is 460 g/mol. The molecule has 4 amide bonds. The summed E-state index contributed by atoms with van der Waals surface area (Å²) in [4.78, 5) is 29.9. The predicted molar refractivity (Wildman–Crippen MR) is 123 cm³/mol. The van der Waals surface area contributed by atoms with Crippen molar-refractivity contribution in [1.82, 2.24) is 20.5 Å². The van der Waals surface area contributed by atoms with E-state index in [0.29, 0.717) is 54.0 Å². The van der Waals surface area contributed by atoms with E-state index < -0.39 is 6.03 Å². The minimum absolute atomic E-state index is 0.228. The van der Waals surface area contributed by atoms with Crippen LogP contribution in [0.25, 0.3) is 0 Å². The van der Waals surface area contributed by atoms with Crippen LogP contribution >= 0.6 is 11.6 Å². The van der Waals surface area contributed by atoms with Crippen LogP contribution in [-0.4, -0.2) is 62.3 Å². The molecule has 170 valence electrons. The van der Waals surface area contributed by atoms with Crippen molar-refractivity contribution in [2.75, 3.05) is 51.0 Å². The number of amides is 4. The minimum Gasteiger partial charge on any atom is -0.491 e. The predicted octanol–water partition coefficient (Wildman–Crippen LogP) is 2.88. The molecule has 2 rings (SSSR count). The molecule has 0 radical (unpaired) electrons. The summed E-state index contributed by atoms with van der Waals surface area (Å²) in [6, 6.07) is 9.14. The number of hydrogen-bond acceptors (Lipinski definition) is 6. The Labute approximate surface area is 191 Å². The number of halogens is 1. The van der Waals surface area contributed by atoms with E-state index in [0.717, 1.165) is 6.54 Å². The number of pyridine rings is 1. The van der Waals surface area contributed by atoms with Gasteiger partial charge in [0.05, 0.1) is 17.9 Å². The van der Waals surface area contributed by atoms with Gasteiger partial charge in [0.2, 0.25) is 0 Å². The molecule has 0 spiro atoms. The van der Waals surface area contributed by atoms with Crippen molar-refractivity contribution < 1.29 is 14.3 Å². The van der Waals surface area contributed by atoms with E-state index >= 15 is 0 Å². The monoisotopic (exact) mass is 459 g/mol. The molecule has 4 N–H and O–H groups in total. The molecule has 11 heteroatoms. The molecule has 0 aliphatic rings. The highest BCUT2D eigenvalue weighted by Gasteiger charge is 2.10. The number of urea groups is 2. The van der Waals surface area contributed by atoms with Crippen LogP contribution in [0.3, 0.4) is 0 Å². The van der Waals surface area contributed by atoms with Gasteiger partial charge in [-0.05, 0) is 50.8 Å². The number of likely N-dealkylation sites (N-methyl/N-ethyl adjacent to an activating group) is 1. The fourth-order valence-corrected chi connectivity index (χ4v) is 2.61. The Balaban J connectivity index is 1.80. The van der Waals surface area contributed by atoms with Gasteiger partial charge in [0.15, 0.2) is 0 Å². The minimum atomic E-state index is -0.537. The molecule has 0 aliphatic carbocycles. The molecule has 1 aromatic heterocycles. The van der Waals surface area contributed by atoms with Gasteiger partial charge in [-0.25, -0.2) is 14.6 Å². The number of carbonyl (C=O) groups excluding carboxylic acids is 2. The number of aromatic nitrogens is 1. The Hall–Kier alpha value is -3.55. The highest BCUT2D eigenvalue weighted by Crippen LogP contribution is 2.28. The average Bonchev–Trinajstić information content (AvgIpc) is 2.75. The summed E-state index contributed by atoms with van der Waals surface area (Å²) >= 11 is 6.05. The Morgan fingerprint density at radius 3 is 2.59 bits per heavy atom. The number of benzene rings is 1. The zero-order valence-corrected chi connectivity index (χ0v) is 18.7. The molecule has 32 heavy (non-hydrogen) atoms. The lowest BCUT2D eigenvalue weighted by Crippen LogP contribution is -2.39. The summed E-state index contributed by atoms with van der Waals surface area (Å²) in [7, 11) is 3.87. The molecule has 1 aromatic carbocycles. The number of nitrogens with zero attached hydrogens (tertiary/aromatic N) is 3. The van der Waals surface area contributed by atoms with Crippen molar-refractivity contribution in [1.29, 1.82) is 5.26 Å². The molecular formula is C21H26ClN7O3. The number of hydrogen-bond donors (Lipinski definition) is 4. The molecular weight excluding hydrogens is 434 g/mol. The van der Waals surface area contributed by atoms with Crippen molar-refractivity contribution in [3.8, 4) is 11.8 Å². The lowest BCUT2D eigenvalue weighted by atomic mass is 10.3. The molecule has 0 atom stereocenters. The van der Waals surface area contributed by atoms with Crippen molar-refractivity contribution in [2.45, 2.75) is 6.42 Å². The lowest BCUT2D eigenvalue weighted by Gasteiger charge is -2.14. The molecule has 2 aromatic rings. The van der Waals surface area contributed by atoms with Crippen molar-refractivity contribution in [2.24, 2.45) is 0 Å². The van der Waals surface area contributed by atoms with Gasteiger partial charge in [-0.3, -0.25) is 5.32 Å². The van der Waals surface area contributed by atoms with Crippen molar-refractivity contribution in [3.05, 3.63) is 47.1 Å². The van der Waals surface area contributed by atoms with Crippen LogP contribution in [0, 0.1) is 11.3 Å². The first-order valence-corrected chi connectivity index (χ1v) is 10.3. The van der Waals surface area contributed by atoms with Crippen LogP contribution in [0.2, 0.25) is 5.02 Å². The van der Waals surface area contributed by atoms with E-state index in [1.807, 2.05) is 25.1 Å². The van der Waals surface area contributed by atoms with Gasteiger partial charge < -0.3 is 25.6 Å². The van der Waals surface area contributed by atoms with Crippen LogP contribution in [0.15, 0.2) is 36.5 Å². The third-order valence-electron chi connectivity index (χ3n) is 4.03. The van der Waals surface area contributed by atoms with Gasteiger partial charge in [-0.15, -0.1) is 0 Å². The normalized spacial score (nSPS) is 10.2. The molecule has 0 unspecified atom stereocenters. The summed E-state index contributed by atoms with van der Waals surface area (Å²) < 4.78 is 5.74. The number of anilines is 2. The maximum atomic E-state index is 12.3. The standard InChI is InChI=1S/C21H26ClN7O3/c1-29(2)10-9-25-20(30)24-8-3-11-32-18-6-5-16(22)12-17(18)27-21(31)28-19-7-4-15(13-23)14-26-19/h4-7,12,14H,3,8-11H2,1-2H3,(H2,24,25,30)(H2,26,27,28,31). The molecule has 0 fully saturated rings.